The average molecular weight is 408 g/mol. The van der Waals surface area contributed by atoms with Crippen molar-refractivity contribution < 1.29 is 18.0 Å². The number of nitrogens with one attached hydrogen (secondary N) is 2. The molecule has 0 spiro atoms. The molecule has 3 rings (SSSR count). The number of carbonyl (C=O) groups excluding carboxylic acids is 2. The molecular formula is C20H29N3O4S. The highest BCUT2D eigenvalue weighted by atomic mass is 32.2. The van der Waals surface area contributed by atoms with Crippen LogP contribution >= 0.6 is 0 Å². The van der Waals surface area contributed by atoms with Gasteiger partial charge >= 0.3 is 0 Å². The van der Waals surface area contributed by atoms with Gasteiger partial charge in [-0.15, -0.1) is 0 Å². The highest BCUT2D eigenvalue weighted by molar-refractivity contribution is 7.89. The van der Waals surface area contributed by atoms with Crippen molar-refractivity contribution in [3.63, 3.8) is 0 Å². The van der Waals surface area contributed by atoms with Crippen molar-refractivity contribution in [1.82, 2.24) is 15.2 Å². The zero-order valence-electron chi connectivity index (χ0n) is 16.3. The maximum absolute atomic E-state index is 12.9. The van der Waals surface area contributed by atoms with Crippen molar-refractivity contribution in [2.24, 2.45) is 11.8 Å². The van der Waals surface area contributed by atoms with Gasteiger partial charge in [-0.1, -0.05) is 30.5 Å². The van der Waals surface area contributed by atoms with Crippen LogP contribution in [0.25, 0.3) is 0 Å². The SMILES string of the molecule is Cc1ccc(S(=O)(=O)N2CCC[C@@H](C(=O)NNC(=O)CC3CCCC3)C2)cc1. The maximum Gasteiger partial charge on any atom is 0.243 e. The van der Waals surface area contributed by atoms with Gasteiger partial charge in [-0.2, -0.15) is 4.31 Å². The van der Waals surface area contributed by atoms with Crippen molar-refractivity contribution in [2.75, 3.05) is 13.1 Å². The molecule has 8 heteroatoms. The lowest BCUT2D eigenvalue weighted by Crippen LogP contribution is -2.50. The first kappa shape index (κ1) is 20.8. The van der Waals surface area contributed by atoms with Crippen LogP contribution in [-0.2, 0) is 19.6 Å². The minimum absolute atomic E-state index is 0.126. The molecular weight excluding hydrogens is 378 g/mol. The van der Waals surface area contributed by atoms with Gasteiger partial charge in [0.05, 0.1) is 10.8 Å². The summed E-state index contributed by atoms with van der Waals surface area (Å²) in [5, 5.41) is 0. The Kier molecular flexibility index (Phi) is 6.72. The first-order chi connectivity index (χ1) is 13.4. The highest BCUT2D eigenvalue weighted by Gasteiger charge is 2.33. The summed E-state index contributed by atoms with van der Waals surface area (Å²) in [5.41, 5.74) is 5.97. The fourth-order valence-electron chi connectivity index (χ4n) is 4.00. The number of sulfonamides is 1. The van der Waals surface area contributed by atoms with Crippen LogP contribution in [0.5, 0.6) is 0 Å². The summed E-state index contributed by atoms with van der Waals surface area (Å²) >= 11 is 0. The minimum Gasteiger partial charge on any atom is -0.273 e. The fourth-order valence-corrected chi connectivity index (χ4v) is 5.52. The number of hydrogen-bond donors (Lipinski definition) is 2. The maximum atomic E-state index is 12.9. The summed E-state index contributed by atoms with van der Waals surface area (Å²) in [6, 6.07) is 6.72. The van der Waals surface area contributed by atoms with Crippen molar-refractivity contribution in [3.8, 4) is 0 Å². The first-order valence-corrected chi connectivity index (χ1v) is 11.5. The third-order valence-corrected chi connectivity index (χ3v) is 7.57. The van der Waals surface area contributed by atoms with Crippen molar-refractivity contribution in [2.45, 2.75) is 56.8 Å². The monoisotopic (exact) mass is 407 g/mol. The molecule has 1 saturated heterocycles. The molecule has 2 aliphatic rings. The first-order valence-electron chi connectivity index (χ1n) is 10.0. The number of hydrogen-bond acceptors (Lipinski definition) is 4. The quantitative estimate of drug-likeness (QED) is 0.731. The second-order valence-corrected chi connectivity index (χ2v) is 9.85. The molecule has 1 atom stereocenters. The average Bonchev–Trinajstić information content (AvgIpc) is 3.19. The van der Waals surface area contributed by atoms with Gasteiger partial charge in [0.25, 0.3) is 0 Å². The van der Waals surface area contributed by atoms with Crippen molar-refractivity contribution >= 4 is 21.8 Å². The molecule has 0 aromatic heterocycles. The summed E-state index contributed by atoms with van der Waals surface area (Å²) in [6.07, 6.45) is 6.10. The predicted octanol–water partition coefficient (Wildman–Crippen LogP) is 2.12. The standard InChI is InChI=1S/C20H29N3O4S/c1-15-8-10-18(11-9-15)28(26,27)23-12-4-7-17(14-23)20(25)22-21-19(24)13-16-5-2-3-6-16/h8-11,16-17H,2-7,12-14H2,1H3,(H,21,24)(H,22,25)/t17-/m1/s1. The van der Waals surface area contributed by atoms with Crippen LogP contribution in [0.3, 0.4) is 0 Å². The van der Waals surface area contributed by atoms with Crippen molar-refractivity contribution in [1.29, 1.82) is 0 Å². The number of carbonyl (C=O) groups is 2. The molecule has 2 N–H and O–H groups in total. The van der Waals surface area contributed by atoms with E-state index in [-0.39, 0.29) is 23.3 Å². The van der Waals surface area contributed by atoms with Gasteiger partial charge in [0.2, 0.25) is 21.8 Å². The van der Waals surface area contributed by atoms with E-state index < -0.39 is 15.9 Å². The Morgan fingerprint density at radius 2 is 1.71 bits per heavy atom. The van der Waals surface area contributed by atoms with E-state index in [4.69, 9.17) is 0 Å². The molecule has 28 heavy (non-hydrogen) atoms. The van der Waals surface area contributed by atoms with E-state index in [1.54, 1.807) is 24.3 Å². The molecule has 1 aliphatic carbocycles. The van der Waals surface area contributed by atoms with Gasteiger partial charge in [-0.3, -0.25) is 20.4 Å². The van der Waals surface area contributed by atoms with Crippen LogP contribution in [-0.4, -0.2) is 37.6 Å². The zero-order valence-corrected chi connectivity index (χ0v) is 17.1. The Labute approximate surface area is 166 Å². The van der Waals surface area contributed by atoms with E-state index in [0.717, 1.165) is 31.2 Å². The summed E-state index contributed by atoms with van der Waals surface area (Å²) in [4.78, 5) is 24.7. The predicted molar refractivity (Wildman–Crippen MR) is 106 cm³/mol. The molecule has 1 saturated carbocycles. The van der Waals surface area contributed by atoms with E-state index in [1.165, 1.54) is 4.31 Å². The lowest BCUT2D eigenvalue weighted by atomic mass is 9.99. The Morgan fingerprint density at radius 1 is 1.04 bits per heavy atom. The number of benzene rings is 1. The molecule has 1 aromatic carbocycles. The molecule has 1 heterocycles. The van der Waals surface area contributed by atoms with Gasteiger partial charge in [0.1, 0.15) is 0 Å². The second kappa shape index (κ2) is 9.05. The van der Waals surface area contributed by atoms with E-state index >= 15 is 0 Å². The van der Waals surface area contributed by atoms with Crippen LogP contribution in [0.15, 0.2) is 29.2 Å². The van der Waals surface area contributed by atoms with Crippen molar-refractivity contribution in [3.05, 3.63) is 29.8 Å². The summed E-state index contributed by atoms with van der Waals surface area (Å²) in [5.74, 6) is -0.578. The smallest absolute Gasteiger partial charge is 0.243 e. The zero-order chi connectivity index (χ0) is 20.1. The lowest BCUT2D eigenvalue weighted by molar-refractivity contribution is -0.132. The molecule has 2 amide bonds. The second-order valence-electron chi connectivity index (χ2n) is 7.91. The Bertz CT molecular complexity index is 801. The summed E-state index contributed by atoms with van der Waals surface area (Å²) < 4.78 is 27.1. The molecule has 1 aromatic rings. The lowest BCUT2D eigenvalue weighted by Gasteiger charge is -2.31. The van der Waals surface area contributed by atoms with Gasteiger partial charge < -0.3 is 0 Å². The molecule has 0 radical (unpaired) electrons. The Balaban J connectivity index is 1.54. The van der Waals surface area contributed by atoms with E-state index in [9.17, 15) is 18.0 Å². The van der Waals surface area contributed by atoms with Gasteiger partial charge in [-0.05, 0) is 50.7 Å². The topological polar surface area (TPSA) is 95.6 Å². The van der Waals surface area contributed by atoms with Gasteiger partial charge in [0.15, 0.2) is 0 Å². The van der Waals surface area contributed by atoms with E-state index in [0.29, 0.717) is 31.7 Å². The Hall–Kier alpha value is -1.93. The molecule has 0 bridgehead atoms. The fraction of sp³-hybridized carbons (Fsp3) is 0.600. The number of amides is 2. The number of hydrazine groups is 1. The number of aryl methyl sites for hydroxylation is 1. The van der Waals surface area contributed by atoms with Crippen LogP contribution in [0.1, 0.15) is 50.5 Å². The third kappa shape index (κ3) is 5.11. The molecule has 0 unspecified atom stereocenters. The third-order valence-electron chi connectivity index (χ3n) is 5.69. The highest BCUT2D eigenvalue weighted by Crippen LogP contribution is 2.27. The van der Waals surface area contributed by atoms with E-state index in [2.05, 4.69) is 10.9 Å². The van der Waals surface area contributed by atoms with Gasteiger partial charge in [-0.25, -0.2) is 8.42 Å². The number of rotatable bonds is 5. The molecule has 1 aliphatic heterocycles. The van der Waals surface area contributed by atoms with Crippen LogP contribution < -0.4 is 10.9 Å². The largest absolute Gasteiger partial charge is 0.273 e. The van der Waals surface area contributed by atoms with Crippen LogP contribution in [0.2, 0.25) is 0 Å². The van der Waals surface area contributed by atoms with Crippen LogP contribution in [0.4, 0.5) is 0 Å². The molecule has 7 nitrogen and oxygen atoms in total. The Morgan fingerprint density at radius 3 is 2.39 bits per heavy atom. The summed E-state index contributed by atoms with van der Waals surface area (Å²) in [7, 11) is -3.63. The molecule has 2 fully saturated rings. The minimum atomic E-state index is -3.63. The normalized spacial score (nSPS) is 21.4. The van der Waals surface area contributed by atoms with Gasteiger partial charge in [0, 0.05) is 19.5 Å². The number of piperidine rings is 1. The van der Waals surface area contributed by atoms with Crippen LogP contribution in [0, 0.1) is 18.8 Å². The number of nitrogens with zero attached hydrogens (tertiary/aromatic N) is 1. The van der Waals surface area contributed by atoms with E-state index in [1.807, 2.05) is 6.92 Å². The summed E-state index contributed by atoms with van der Waals surface area (Å²) in [6.45, 7) is 2.42. The molecule has 154 valence electrons.